The topological polar surface area (TPSA) is 49.4 Å². The van der Waals surface area contributed by atoms with Crippen molar-refractivity contribution >= 4 is 34.8 Å². The summed E-state index contributed by atoms with van der Waals surface area (Å²) >= 11 is 6.30. The van der Waals surface area contributed by atoms with E-state index < -0.39 is 5.82 Å². The molecule has 1 N–H and O–H groups in total. The summed E-state index contributed by atoms with van der Waals surface area (Å²) in [6.45, 7) is 5.36. The maximum Gasteiger partial charge on any atom is 0.226 e. The molecule has 132 valence electrons. The molecular weight excluding hydrogens is 343 g/mol. The van der Waals surface area contributed by atoms with Gasteiger partial charge in [-0.05, 0) is 43.2 Å². The fourth-order valence-corrected chi connectivity index (χ4v) is 3.09. The molecule has 6 heteroatoms. The lowest BCUT2D eigenvalue weighted by Crippen LogP contribution is -2.32. The first-order valence-electron chi connectivity index (χ1n) is 7.89. The van der Waals surface area contributed by atoms with Crippen LogP contribution < -0.4 is 10.2 Å². The minimum Gasteiger partial charge on any atom is -0.324 e. The SMILES string of the molecule is CC(=O)N(CCC(=O)Nc1ccccc1F)c1c(C)cc(C)cc1Cl. The fraction of sp³-hybridized carbons (Fsp3) is 0.263. The van der Waals surface area contributed by atoms with Crippen molar-refractivity contribution in [3.63, 3.8) is 0 Å². The molecule has 0 unspecified atom stereocenters. The zero-order chi connectivity index (χ0) is 18.6. The Morgan fingerprint density at radius 2 is 1.88 bits per heavy atom. The average molecular weight is 363 g/mol. The molecule has 0 radical (unpaired) electrons. The Kier molecular flexibility index (Phi) is 6.15. The molecule has 2 amide bonds. The molecule has 2 aromatic carbocycles. The molecule has 2 rings (SSSR count). The standard InChI is InChI=1S/C19H20ClFN2O2/c1-12-10-13(2)19(15(20)11-12)23(14(3)24)9-8-18(25)22-17-7-5-4-6-16(17)21/h4-7,10-11H,8-9H2,1-3H3,(H,22,25). The van der Waals surface area contributed by atoms with Crippen molar-refractivity contribution in [2.24, 2.45) is 0 Å². The number of halogens is 2. The minimum absolute atomic E-state index is 0.0254. The van der Waals surface area contributed by atoms with Crippen LogP contribution in [0.3, 0.4) is 0 Å². The number of nitrogens with zero attached hydrogens (tertiary/aromatic N) is 1. The number of benzene rings is 2. The van der Waals surface area contributed by atoms with Crippen LogP contribution in [0.15, 0.2) is 36.4 Å². The molecule has 0 saturated carbocycles. The molecule has 4 nitrogen and oxygen atoms in total. The van der Waals surface area contributed by atoms with Gasteiger partial charge in [0, 0.05) is 19.9 Å². The van der Waals surface area contributed by atoms with E-state index >= 15 is 0 Å². The van der Waals surface area contributed by atoms with Crippen LogP contribution in [0.1, 0.15) is 24.5 Å². The van der Waals surface area contributed by atoms with Crippen LogP contribution in [0, 0.1) is 19.7 Å². The van der Waals surface area contributed by atoms with Crippen molar-refractivity contribution < 1.29 is 14.0 Å². The summed E-state index contributed by atoms with van der Waals surface area (Å²) in [5.41, 5.74) is 2.56. The number of anilines is 2. The summed E-state index contributed by atoms with van der Waals surface area (Å²) in [7, 11) is 0. The third kappa shape index (κ3) is 4.79. The number of carbonyl (C=O) groups is 2. The van der Waals surface area contributed by atoms with E-state index in [9.17, 15) is 14.0 Å². The van der Waals surface area contributed by atoms with E-state index in [4.69, 9.17) is 11.6 Å². The number of aryl methyl sites for hydroxylation is 2. The van der Waals surface area contributed by atoms with Gasteiger partial charge in [0.05, 0.1) is 16.4 Å². The quantitative estimate of drug-likeness (QED) is 0.852. The molecular formula is C19H20ClFN2O2. The second-order valence-corrected chi connectivity index (χ2v) is 6.27. The van der Waals surface area contributed by atoms with E-state index in [0.717, 1.165) is 11.1 Å². The van der Waals surface area contributed by atoms with Crippen LogP contribution in [0.5, 0.6) is 0 Å². The number of hydrogen-bond donors (Lipinski definition) is 1. The minimum atomic E-state index is -0.503. The van der Waals surface area contributed by atoms with Gasteiger partial charge in [0.2, 0.25) is 11.8 Å². The number of amides is 2. The van der Waals surface area contributed by atoms with Crippen molar-refractivity contribution in [1.29, 1.82) is 0 Å². The molecule has 0 saturated heterocycles. The smallest absolute Gasteiger partial charge is 0.226 e. The zero-order valence-corrected chi connectivity index (χ0v) is 15.2. The predicted octanol–water partition coefficient (Wildman–Crippen LogP) is 4.48. The van der Waals surface area contributed by atoms with Crippen LogP contribution in [0.4, 0.5) is 15.8 Å². The Hall–Kier alpha value is -2.40. The molecule has 0 fully saturated rings. The number of para-hydroxylation sites is 1. The van der Waals surface area contributed by atoms with Gasteiger partial charge in [-0.15, -0.1) is 0 Å². The Balaban J connectivity index is 2.12. The first-order chi connectivity index (χ1) is 11.8. The van der Waals surface area contributed by atoms with Crippen LogP contribution in [-0.4, -0.2) is 18.4 Å². The van der Waals surface area contributed by atoms with E-state index in [1.54, 1.807) is 18.2 Å². The first kappa shape index (κ1) is 18.9. The van der Waals surface area contributed by atoms with Gasteiger partial charge in [0.25, 0.3) is 0 Å². The first-order valence-corrected chi connectivity index (χ1v) is 8.26. The van der Waals surface area contributed by atoms with Gasteiger partial charge in [-0.2, -0.15) is 0 Å². The number of carbonyl (C=O) groups excluding carboxylic acids is 2. The molecule has 0 heterocycles. The molecule has 0 bridgehead atoms. The number of nitrogens with one attached hydrogen (secondary N) is 1. The van der Waals surface area contributed by atoms with Gasteiger partial charge in [0.15, 0.2) is 0 Å². The third-order valence-electron chi connectivity index (χ3n) is 3.76. The molecule has 0 atom stereocenters. The molecule has 0 aliphatic rings. The summed E-state index contributed by atoms with van der Waals surface area (Å²) in [6.07, 6.45) is 0.0254. The van der Waals surface area contributed by atoms with Crippen LogP contribution >= 0.6 is 11.6 Å². The van der Waals surface area contributed by atoms with Crippen molar-refractivity contribution in [1.82, 2.24) is 0 Å². The highest BCUT2D eigenvalue weighted by Gasteiger charge is 2.19. The van der Waals surface area contributed by atoms with Gasteiger partial charge in [-0.25, -0.2) is 4.39 Å². The lowest BCUT2D eigenvalue weighted by molar-refractivity contribution is -0.117. The summed E-state index contributed by atoms with van der Waals surface area (Å²) in [5.74, 6) is -1.10. The average Bonchev–Trinajstić information content (AvgIpc) is 2.51. The second-order valence-electron chi connectivity index (χ2n) is 5.86. The van der Waals surface area contributed by atoms with E-state index in [1.165, 1.54) is 24.0 Å². The molecule has 0 aliphatic heterocycles. The van der Waals surface area contributed by atoms with E-state index in [1.807, 2.05) is 19.9 Å². The second kappa shape index (κ2) is 8.12. The van der Waals surface area contributed by atoms with E-state index in [2.05, 4.69) is 5.32 Å². The van der Waals surface area contributed by atoms with Crippen molar-refractivity contribution in [3.8, 4) is 0 Å². The molecule has 0 spiro atoms. The Labute approximate surface area is 151 Å². The highest BCUT2D eigenvalue weighted by Crippen LogP contribution is 2.31. The Bertz CT molecular complexity index is 785. The molecule has 0 aliphatic carbocycles. The van der Waals surface area contributed by atoms with Crippen molar-refractivity contribution in [2.45, 2.75) is 27.2 Å². The summed E-state index contributed by atoms with van der Waals surface area (Å²) < 4.78 is 13.6. The normalized spacial score (nSPS) is 10.4. The number of hydrogen-bond acceptors (Lipinski definition) is 2. The summed E-state index contributed by atoms with van der Waals surface area (Å²) in [4.78, 5) is 25.6. The van der Waals surface area contributed by atoms with Crippen LogP contribution in [0.2, 0.25) is 5.02 Å². The number of rotatable bonds is 5. The highest BCUT2D eigenvalue weighted by atomic mass is 35.5. The Morgan fingerprint density at radius 3 is 2.48 bits per heavy atom. The highest BCUT2D eigenvalue weighted by molar-refractivity contribution is 6.34. The molecule has 0 aromatic heterocycles. The lowest BCUT2D eigenvalue weighted by atomic mass is 10.1. The van der Waals surface area contributed by atoms with Gasteiger partial charge in [-0.1, -0.05) is 29.8 Å². The van der Waals surface area contributed by atoms with Gasteiger partial charge in [0.1, 0.15) is 5.82 Å². The van der Waals surface area contributed by atoms with Crippen LogP contribution in [0.25, 0.3) is 0 Å². The molecule has 25 heavy (non-hydrogen) atoms. The van der Waals surface area contributed by atoms with Gasteiger partial charge in [-0.3, -0.25) is 9.59 Å². The summed E-state index contributed by atoms with van der Waals surface area (Å²) in [5, 5.41) is 2.97. The maximum absolute atomic E-state index is 13.6. The van der Waals surface area contributed by atoms with Crippen molar-refractivity contribution in [2.75, 3.05) is 16.8 Å². The largest absolute Gasteiger partial charge is 0.324 e. The van der Waals surface area contributed by atoms with E-state index in [0.29, 0.717) is 10.7 Å². The van der Waals surface area contributed by atoms with Crippen LogP contribution in [-0.2, 0) is 9.59 Å². The fourth-order valence-electron chi connectivity index (χ4n) is 2.67. The monoisotopic (exact) mass is 362 g/mol. The maximum atomic E-state index is 13.6. The Morgan fingerprint density at radius 1 is 1.20 bits per heavy atom. The molecule has 2 aromatic rings. The van der Waals surface area contributed by atoms with Gasteiger partial charge < -0.3 is 10.2 Å². The van der Waals surface area contributed by atoms with Gasteiger partial charge >= 0.3 is 0 Å². The zero-order valence-electron chi connectivity index (χ0n) is 14.4. The summed E-state index contributed by atoms with van der Waals surface area (Å²) in [6, 6.07) is 9.64. The van der Waals surface area contributed by atoms with E-state index in [-0.39, 0.29) is 30.5 Å². The van der Waals surface area contributed by atoms with Crippen molar-refractivity contribution in [3.05, 3.63) is 58.4 Å². The lowest BCUT2D eigenvalue weighted by Gasteiger charge is -2.24. The third-order valence-corrected chi connectivity index (χ3v) is 4.05. The predicted molar refractivity (Wildman–Crippen MR) is 98.6 cm³/mol.